The Morgan fingerprint density at radius 3 is 2.62 bits per heavy atom. The zero-order valence-corrected chi connectivity index (χ0v) is 8.33. The number of esters is 1. The first kappa shape index (κ1) is 9.96. The minimum atomic E-state index is -0.440. The van der Waals surface area contributed by atoms with E-state index in [1.807, 2.05) is 26.8 Å². The minimum absolute atomic E-state index is 0.330. The number of aliphatic imine (C=N–C) groups is 1. The highest BCUT2D eigenvalue weighted by atomic mass is 16.6. The summed E-state index contributed by atoms with van der Waals surface area (Å²) in [5, 5.41) is 0. The van der Waals surface area contributed by atoms with E-state index in [0.29, 0.717) is 5.70 Å². The summed E-state index contributed by atoms with van der Waals surface area (Å²) in [5.74, 6) is -0.330. The summed E-state index contributed by atoms with van der Waals surface area (Å²) in [5.41, 5.74) is -0.00795. The van der Waals surface area contributed by atoms with Crippen LogP contribution in [0.3, 0.4) is 0 Å². The molecule has 0 aromatic carbocycles. The number of allylic oxidation sites excluding steroid dienone is 1. The summed E-state index contributed by atoms with van der Waals surface area (Å²) in [4.78, 5) is 15.4. The maximum atomic E-state index is 11.4. The summed E-state index contributed by atoms with van der Waals surface area (Å²) < 4.78 is 5.16. The lowest BCUT2D eigenvalue weighted by Gasteiger charge is -2.19. The molecule has 1 aliphatic rings. The van der Waals surface area contributed by atoms with E-state index in [1.165, 1.54) is 0 Å². The highest BCUT2D eigenvalue weighted by Gasteiger charge is 2.19. The molecule has 3 nitrogen and oxygen atoms in total. The molecule has 0 radical (unpaired) electrons. The summed E-state index contributed by atoms with van der Waals surface area (Å²) in [7, 11) is 0. The Labute approximate surface area is 78.5 Å². The fraction of sp³-hybridized carbons (Fsp3) is 0.600. The molecule has 0 aromatic rings. The first-order valence-electron chi connectivity index (χ1n) is 4.45. The van der Waals surface area contributed by atoms with Crippen LogP contribution >= 0.6 is 0 Å². The van der Waals surface area contributed by atoms with Crippen molar-refractivity contribution in [2.24, 2.45) is 4.99 Å². The van der Waals surface area contributed by atoms with Gasteiger partial charge in [-0.05, 0) is 33.6 Å². The Morgan fingerprint density at radius 2 is 2.15 bits per heavy atom. The van der Waals surface area contributed by atoms with Gasteiger partial charge in [-0.2, -0.15) is 0 Å². The van der Waals surface area contributed by atoms with E-state index < -0.39 is 5.60 Å². The molecule has 0 bridgehead atoms. The Kier molecular flexibility index (Phi) is 2.86. The van der Waals surface area contributed by atoms with Crippen LogP contribution in [-0.4, -0.2) is 17.8 Å². The molecule has 0 atom stereocenters. The van der Waals surface area contributed by atoms with Gasteiger partial charge in [-0.1, -0.05) is 6.08 Å². The van der Waals surface area contributed by atoms with Gasteiger partial charge in [-0.15, -0.1) is 0 Å². The van der Waals surface area contributed by atoms with E-state index in [9.17, 15) is 4.79 Å². The molecule has 0 amide bonds. The average molecular weight is 181 g/mol. The van der Waals surface area contributed by atoms with Crippen LogP contribution in [0, 0.1) is 0 Å². The molecule has 0 aromatic heterocycles. The molecular formula is C10H15NO2. The normalized spacial score (nSPS) is 16.7. The van der Waals surface area contributed by atoms with E-state index in [1.54, 1.807) is 6.21 Å². The molecule has 0 spiro atoms. The van der Waals surface area contributed by atoms with Crippen LogP contribution in [0.2, 0.25) is 0 Å². The average Bonchev–Trinajstić information content (AvgIpc) is 2.03. The maximum absolute atomic E-state index is 11.4. The van der Waals surface area contributed by atoms with Crippen molar-refractivity contribution in [2.45, 2.75) is 39.2 Å². The fourth-order valence-electron chi connectivity index (χ4n) is 0.977. The molecule has 0 N–H and O–H groups in total. The third-order valence-corrected chi connectivity index (χ3v) is 1.47. The van der Waals surface area contributed by atoms with Crippen LogP contribution < -0.4 is 0 Å². The molecule has 72 valence electrons. The molecular weight excluding hydrogens is 166 g/mol. The fourth-order valence-corrected chi connectivity index (χ4v) is 0.977. The molecule has 0 unspecified atom stereocenters. The Bertz CT molecular complexity index is 259. The van der Waals surface area contributed by atoms with Crippen molar-refractivity contribution < 1.29 is 9.53 Å². The third kappa shape index (κ3) is 3.40. The number of ether oxygens (including phenoxy) is 1. The molecule has 1 aliphatic heterocycles. The molecule has 13 heavy (non-hydrogen) atoms. The number of carbonyl (C=O) groups is 1. The third-order valence-electron chi connectivity index (χ3n) is 1.47. The van der Waals surface area contributed by atoms with Crippen molar-refractivity contribution >= 4 is 12.2 Å². The molecule has 3 heteroatoms. The lowest BCUT2D eigenvalue weighted by atomic mass is 10.2. The number of hydrogen-bond acceptors (Lipinski definition) is 3. The van der Waals surface area contributed by atoms with E-state index >= 15 is 0 Å². The molecule has 0 saturated heterocycles. The smallest absolute Gasteiger partial charge is 0.357 e. The Morgan fingerprint density at radius 1 is 1.46 bits per heavy atom. The van der Waals surface area contributed by atoms with Crippen molar-refractivity contribution in [1.29, 1.82) is 0 Å². The van der Waals surface area contributed by atoms with Gasteiger partial charge in [0.1, 0.15) is 11.3 Å². The largest absolute Gasteiger partial charge is 0.455 e. The van der Waals surface area contributed by atoms with Crippen molar-refractivity contribution in [3.8, 4) is 0 Å². The van der Waals surface area contributed by atoms with Gasteiger partial charge < -0.3 is 4.74 Å². The van der Waals surface area contributed by atoms with Crippen LogP contribution in [0.15, 0.2) is 16.8 Å². The van der Waals surface area contributed by atoms with Crippen molar-refractivity contribution in [3.05, 3.63) is 11.8 Å². The number of rotatable bonds is 1. The summed E-state index contributed by atoms with van der Waals surface area (Å²) in [6, 6.07) is 0. The first-order valence-corrected chi connectivity index (χ1v) is 4.45. The van der Waals surface area contributed by atoms with Crippen LogP contribution in [0.1, 0.15) is 33.6 Å². The Balaban J connectivity index is 2.58. The summed E-state index contributed by atoms with van der Waals surface area (Å²) in [6.45, 7) is 5.54. The lowest BCUT2D eigenvalue weighted by Crippen LogP contribution is -2.24. The van der Waals surface area contributed by atoms with E-state index in [2.05, 4.69) is 4.99 Å². The first-order chi connectivity index (χ1) is 5.99. The molecule has 0 fully saturated rings. The number of nitrogens with zero attached hydrogens (tertiary/aromatic N) is 1. The van der Waals surface area contributed by atoms with Gasteiger partial charge in [-0.25, -0.2) is 4.79 Å². The van der Waals surface area contributed by atoms with Gasteiger partial charge in [0.2, 0.25) is 0 Å². The molecule has 1 heterocycles. The second-order valence-corrected chi connectivity index (χ2v) is 3.98. The van der Waals surface area contributed by atoms with E-state index in [0.717, 1.165) is 12.8 Å². The quantitative estimate of drug-likeness (QED) is 0.581. The van der Waals surface area contributed by atoms with Crippen LogP contribution in [0.5, 0.6) is 0 Å². The second-order valence-electron chi connectivity index (χ2n) is 3.98. The van der Waals surface area contributed by atoms with Crippen molar-refractivity contribution in [2.75, 3.05) is 0 Å². The summed E-state index contributed by atoms with van der Waals surface area (Å²) >= 11 is 0. The maximum Gasteiger partial charge on any atom is 0.357 e. The standard InChI is InChI=1S/C10H15NO2/c1-10(2,3)13-9(12)8-6-4-5-7-11-8/h6-7H,4-5H2,1-3H3. The van der Waals surface area contributed by atoms with Gasteiger partial charge in [0, 0.05) is 6.21 Å². The minimum Gasteiger partial charge on any atom is -0.455 e. The zero-order chi connectivity index (χ0) is 9.90. The van der Waals surface area contributed by atoms with Crippen molar-refractivity contribution in [1.82, 2.24) is 0 Å². The topological polar surface area (TPSA) is 38.7 Å². The summed E-state index contributed by atoms with van der Waals surface area (Å²) in [6.07, 6.45) is 5.34. The van der Waals surface area contributed by atoms with Gasteiger partial charge in [0.25, 0.3) is 0 Å². The van der Waals surface area contributed by atoms with Gasteiger partial charge in [0.15, 0.2) is 0 Å². The molecule has 1 rings (SSSR count). The van der Waals surface area contributed by atoms with Crippen LogP contribution in [-0.2, 0) is 9.53 Å². The monoisotopic (exact) mass is 181 g/mol. The predicted molar refractivity (Wildman–Crippen MR) is 51.7 cm³/mol. The molecule has 0 saturated carbocycles. The SMILES string of the molecule is CC(C)(C)OC(=O)C1=CCCC=N1. The lowest BCUT2D eigenvalue weighted by molar-refractivity contribution is -0.149. The Hall–Kier alpha value is -1.12. The highest BCUT2D eigenvalue weighted by Crippen LogP contribution is 2.14. The van der Waals surface area contributed by atoms with E-state index in [-0.39, 0.29) is 5.97 Å². The van der Waals surface area contributed by atoms with Crippen molar-refractivity contribution in [3.63, 3.8) is 0 Å². The van der Waals surface area contributed by atoms with Gasteiger partial charge >= 0.3 is 5.97 Å². The van der Waals surface area contributed by atoms with Gasteiger partial charge in [-0.3, -0.25) is 4.99 Å². The number of carbonyl (C=O) groups excluding carboxylic acids is 1. The van der Waals surface area contributed by atoms with Crippen LogP contribution in [0.25, 0.3) is 0 Å². The zero-order valence-electron chi connectivity index (χ0n) is 8.33. The predicted octanol–water partition coefficient (Wildman–Crippen LogP) is 2.08. The highest BCUT2D eigenvalue weighted by molar-refractivity contribution is 5.90. The van der Waals surface area contributed by atoms with Crippen LogP contribution in [0.4, 0.5) is 0 Å². The van der Waals surface area contributed by atoms with Gasteiger partial charge in [0.05, 0.1) is 0 Å². The molecule has 0 aliphatic carbocycles. The van der Waals surface area contributed by atoms with E-state index in [4.69, 9.17) is 4.74 Å². The number of hydrogen-bond donors (Lipinski definition) is 0. The second kappa shape index (κ2) is 3.73.